The average Bonchev–Trinajstić information content (AvgIpc) is 2.26. The molecule has 1 atom stereocenters. The number of alkyl carbamates (subject to hydrolysis) is 1. The predicted molar refractivity (Wildman–Crippen MR) is 69.2 cm³/mol. The molecule has 1 rings (SSSR count). The van der Waals surface area contributed by atoms with Crippen molar-refractivity contribution in [3.8, 4) is 0 Å². The minimum absolute atomic E-state index is 0.0137. The van der Waals surface area contributed by atoms with E-state index in [0.29, 0.717) is 6.29 Å². The molecule has 0 bridgehead atoms. The number of amides is 1. The fourth-order valence-electron chi connectivity index (χ4n) is 1.57. The number of halogens is 1. The Morgan fingerprint density at radius 3 is 2.58 bits per heavy atom. The monoisotopic (exact) mass is 267 g/mol. The van der Waals surface area contributed by atoms with Crippen LogP contribution in [0.2, 0.25) is 0 Å². The van der Waals surface area contributed by atoms with E-state index in [9.17, 15) is 14.0 Å². The van der Waals surface area contributed by atoms with Crippen molar-refractivity contribution >= 4 is 12.4 Å². The molecule has 1 N–H and O–H groups in total. The molecule has 0 radical (unpaired) electrons. The lowest BCUT2D eigenvalue weighted by molar-refractivity contribution is -0.108. The Morgan fingerprint density at radius 2 is 2.05 bits per heavy atom. The summed E-state index contributed by atoms with van der Waals surface area (Å²) in [5.41, 5.74) is -0.383. The quantitative estimate of drug-likeness (QED) is 0.853. The summed E-state index contributed by atoms with van der Waals surface area (Å²) in [5.74, 6) is -0.467. The summed E-state index contributed by atoms with van der Waals surface area (Å²) in [5, 5.41) is 2.50. The van der Waals surface area contributed by atoms with Crippen LogP contribution in [0.5, 0.6) is 0 Å². The summed E-state index contributed by atoms with van der Waals surface area (Å²) in [6, 6.07) is 5.27. The minimum atomic E-state index is -0.728. The first-order valence-electron chi connectivity index (χ1n) is 6.01. The first-order valence-corrected chi connectivity index (χ1v) is 6.01. The molecule has 0 saturated carbocycles. The van der Waals surface area contributed by atoms with Crippen LogP contribution >= 0.6 is 0 Å². The topological polar surface area (TPSA) is 55.4 Å². The van der Waals surface area contributed by atoms with Gasteiger partial charge in [0.2, 0.25) is 0 Å². The van der Waals surface area contributed by atoms with Gasteiger partial charge < -0.3 is 14.8 Å². The Hall–Kier alpha value is -1.91. The molecule has 0 saturated heterocycles. The summed E-state index contributed by atoms with van der Waals surface area (Å²) in [6.45, 7) is 5.18. The fraction of sp³-hybridized carbons (Fsp3) is 0.429. The number of carbonyl (C=O) groups excluding carboxylic acids is 2. The Labute approximate surface area is 112 Å². The second-order valence-corrected chi connectivity index (χ2v) is 5.12. The Kier molecular flexibility index (Phi) is 5.03. The number of rotatable bonds is 4. The number of benzene rings is 1. The molecule has 4 nitrogen and oxygen atoms in total. The van der Waals surface area contributed by atoms with Crippen LogP contribution in [0.15, 0.2) is 24.3 Å². The van der Waals surface area contributed by atoms with Crippen LogP contribution in [0.4, 0.5) is 9.18 Å². The molecule has 5 heteroatoms. The van der Waals surface area contributed by atoms with Crippen LogP contribution in [0.1, 0.15) is 38.8 Å². The van der Waals surface area contributed by atoms with Crippen molar-refractivity contribution in [1.82, 2.24) is 5.32 Å². The van der Waals surface area contributed by atoms with Gasteiger partial charge in [-0.2, -0.15) is 0 Å². The van der Waals surface area contributed by atoms with E-state index in [4.69, 9.17) is 4.74 Å². The Morgan fingerprint density at radius 1 is 1.42 bits per heavy atom. The molecule has 0 heterocycles. The van der Waals surface area contributed by atoms with Gasteiger partial charge in [0.15, 0.2) is 0 Å². The van der Waals surface area contributed by atoms with E-state index >= 15 is 0 Å². The maximum Gasteiger partial charge on any atom is 0.408 e. The number of hydrogen-bond acceptors (Lipinski definition) is 3. The van der Waals surface area contributed by atoms with Gasteiger partial charge in [0.05, 0.1) is 6.04 Å². The van der Waals surface area contributed by atoms with Crippen molar-refractivity contribution in [1.29, 1.82) is 0 Å². The number of hydrogen-bond donors (Lipinski definition) is 1. The molecular formula is C14H18FNO3. The van der Waals surface area contributed by atoms with E-state index in [0.717, 1.165) is 0 Å². The van der Waals surface area contributed by atoms with Crippen molar-refractivity contribution < 1.29 is 18.7 Å². The summed E-state index contributed by atoms with van der Waals surface area (Å²) in [4.78, 5) is 22.3. The van der Waals surface area contributed by atoms with E-state index in [1.54, 1.807) is 32.9 Å². The van der Waals surface area contributed by atoms with E-state index < -0.39 is 23.6 Å². The second kappa shape index (κ2) is 6.31. The van der Waals surface area contributed by atoms with Gasteiger partial charge in [-0.05, 0) is 26.8 Å². The van der Waals surface area contributed by atoms with Gasteiger partial charge >= 0.3 is 6.09 Å². The second-order valence-electron chi connectivity index (χ2n) is 5.12. The highest BCUT2D eigenvalue weighted by Gasteiger charge is 2.21. The van der Waals surface area contributed by atoms with Crippen molar-refractivity contribution in [2.24, 2.45) is 0 Å². The van der Waals surface area contributed by atoms with Crippen LogP contribution < -0.4 is 5.32 Å². The van der Waals surface area contributed by atoms with Crippen LogP contribution in [0.25, 0.3) is 0 Å². The first-order chi connectivity index (χ1) is 8.83. The molecular weight excluding hydrogens is 249 g/mol. The highest BCUT2D eigenvalue weighted by atomic mass is 19.1. The van der Waals surface area contributed by atoms with Crippen molar-refractivity contribution in [3.05, 3.63) is 35.6 Å². The summed E-state index contributed by atoms with van der Waals surface area (Å²) < 4.78 is 18.7. The zero-order valence-corrected chi connectivity index (χ0v) is 11.3. The summed E-state index contributed by atoms with van der Waals surface area (Å²) in [7, 11) is 0. The zero-order chi connectivity index (χ0) is 14.5. The van der Waals surface area contributed by atoms with Crippen LogP contribution in [-0.4, -0.2) is 18.0 Å². The molecule has 19 heavy (non-hydrogen) atoms. The highest BCUT2D eigenvalue weighted by Crippen LogP contribution is 2.20. The summed E-state index contributed by atoms with van der Waals surface area (Å²) >= 11 is 0. The van der Waals surface area contributed by atoms with Gasteiger partial charge in [-0.1, -0.05) is 18.2 Å². The van der Waals surface area contributed by atoms with Gasteiger partial charge in [-0.15, -0.1) is 0 Å². The SMILES string of the molecule is CC(C)(C)OC(=O)NC(CC=O)c1ccccc1F. The van der Waals surface area contributed by atoms with Gasteiger partial charge in [0.25, 0.3) is 0 Å². The number of nitrogens with one attached hydrogen (secondary N) is 1. The standard InChI is InChI=1S/C14H18FNO3/c1-14(2,3)19-13(18)16-12(8-9-17)10-6-4-5-7-11(10)15/h4-7,9,12H,8H2,1-3H3,(H,16,18). The van der Waals surface area contributed by atoms with Crippen molar-refractivity contribution in [3.63, 3.8) is 0 Å². The zero-order valence-electron chi connectivity index (χ0n) is 11.3. The maximum absolute atomic E-state index is 13.6. The first kappa shape index (κ1) is 15.1. The van der Waals surface area contributed by atoms with Gasteiger partial charge in [0.1, 0.15) is 17.7 Å². The Balaban J connectivity index is 2.82. The van der Waals surface area contributed by atoms with Crippen LogP contribution in [0, 0.1) is 5.82 Å². The minimum Gasteiger partial charge on any atom is -0.444 e. The molecule has 0 aliphatic rings. The Bertz CT molecular complexity index is 454. The molecule has 0 spiro atoms. The number of ether oxygens (including phenoxy) is 1. The molecule has 1 aromatic rings. The lowest BCUT2D eigenvalue weighted by atomic mass is 10.0. The molecule has 1 unspecified atom stereocenters. The van der Waals surface area contributed by atoms with E-state index in [1.807, 2.05) is 0 Å². The molecule has 104 valence electrons. The van der Waals surface area contributed by atoms with Gasteiger partial charge in [-0.3, -0.25) is 0 Å². The lowest BCUT2D eigenvalue weighted by Crippen LogP contribution is -2.35. The lowest BCUT2D eigenvalue weighted by Gasteiger charge is -2.23. The number of carbonyl (C=O) groups is 2. The van der Waals surface area contributed by atoms with Crippen LogP contribution in [0.3, 0.4) is 0 Å². The third-order valence-electron chi connectivity index (χ3n) is 2.30. The molecule has 0 aliphatic carbocycles. The fourth-order valence-corrected chi connectivity index (χ4v) is 1.57. The number of aldehydes is 1. The van der Waals surface area contributed by atoms with Gasteiger partial charge in [-0.25, -0.2) is 9.18 Å². The smallest absolute Gasteiger partial charge is 0.408 e. The van der Waals surface area contributed by atoms with Crippen molar-refractivity contribution in [2.75, 3.05) is 0 Å². The van der Waals surface area contributed by atoms with Crippen LogP contribution in [-0.2, 0) is 9.53 Å². The third kappa shape index (κ3) is 5.07. The normalized spacial score (nSPS) is 12.6. The van der Waals surface area contributed by atoms with E-state index in [2.05, 4.69) is 5.32 Å². The molecule has 0 fully saturated rings. The molecule has 0 aliphatic heterocycles. The largest absolute Gasteiger partial charge is 0.444 e. The highest BCUT2D eigenvalue weighted by molar-refractivity contribution is 5.69. The van der Waals surface area contributed by atoms with Crippen molar-refractivity contribution in [2.45, 2.75) is 38.8 Å². The van der Waals surface area contributed by atoms with E-state index in [-0.39, 0.29) is 12.0 Å². The van der Waals surface area contributed by atoms with E-state index in [1.165, 1.54) is 12.1 Å². The molecule has 1 amide bonds. The predicted octanol–water partition coefficient (Wildman–Crippen LogP) is 2.98. The summed E-state index contributed by atoms with van der Waals surface area (Å²) in [6.07, 6.45) is -0.0585. The molecule has 1 aromatic carbocycles. The third-order valence-corrected chi connectivity index (χ3v) is 2.30. The van der Waals surface area contributed by atoms with Gasteiger partial charge in [0, 0.05) is 12.0 Å². The average molecular weight is 267 g/mol. The maximum atomic E-state index is 13.6. The molecule has 0 aromatic heterocycles.